The van der Waals surface area contributed by atoms with Crippen molar-refractivity contribution in [3.8, 4) is 11.1 Å². The van der Waals surface area contributed by atoms with Crippen LogP contribution in [0.5, 0.6) is 0 Å². The second kappa shape index (κ2) is 17.0. The Morgan fingerprint density at radius 3 is 1.73 bits per heavy atom. The number of furan rings is 1. The van der Waals surface area contributed by atoms with Gasteiger partial charge in [0.1, 0.15) is 5.76 Å². The van der Waals surface area contributed by atoms with E-state index >= 15 is 0 Å². The molecule has 0 amide bonds. The normalized spacial score (nSPS) is 26.7. The summed E-state index contributed by atoms with van der Waals surface area (Å²) in [7, 11) is -1.56. The number of hydrogen-bond acceptors (Lipinski definition) is 3. The maximum atomic E-state index is 7.69. The quantitative estimate of drug-likeness (QED) is 0.190. The van der Waals surface area contributed by atoms with Gasteiger partial charge in [0, 0.05) is 22.6 Å². The van der Waals surface area contributed by atoms with Crippen molar-refractivity contribution >= 4 is 54.2 Å². The topological polar surface area (TPSA) is 19.6 Å². The molecule has 4 aromatic rings. The van der Waals surface area contributed by atoms with Gasteiger partial charge < -0.3 is 14.2 Å². The second-order valence-corrected chi connectivity index (χ2v) is 38.6. The van der Waals surface area contributed by atoms with Gasteiger partial charge >= 0.3 is 0 Å². The predicted molar refractivity (Wildman–Crippen MR) is 340 cm³/mol. The minimum Gasteiger partial charge on any atom is -0.441 e. The first-order valence-corrected chi connectivity index (χ1v) is 34.3. The van der Waals surface area contributed by atoms with Crippen LogP contribution in [0.4, 0.5) is 17.3 Å². The smallest absolute Gasteiger partial charge is 0.252 e. The Balaban J connectivity index is 1.23. The zero-order valence-corrected chi connectivity index (χ0v) is 53.4. The van der Waals surface area contributed by atoms with E-state index in [1.807, 2.05) is 0 Å². The van der Waals surface area contributed by atoms with Gasteiger partial charge in [-0.05, 0) is 199 Å². The molecule has 0 spiro atoms. The molecule has 12 rings (SSSR count). The van der Waals surface area contributed by atoms with E-state index in [0.29, 0.717) is 17.8 Å². The van der Waals surface area contributed by atoms with Crippen molar-refractivity contribution in [2.45, 2.75) is 223 Å². The van der Waals surface area contributed by atoms with Gasteiger partial charge in [-0.15, -0.1) is 0 Å². The Kier molecular flexibility index (Phi) is 11.8. The van der Waals surface area contributed by atoms with E-state index in [2.05, 4.69) is 239 Å². The van der Waals surface area contributed by atoms with Gasteiger partial charge in [0.15, 0.2) is 5.88 Å². The lowest BCUT2D eigenvalue weighted by molar-refractivity contribution is 0.0325. The molecule has 1 saturated carbocycles. The van der Waals surface area contributed by atoms with E-state index in [0.717, 1.165) is 24.5 Å². The number of anilines is 3. The maximum Gasteiger partial charge on any atom is 0.252 e. The van der Waals surface area contributed by atoms with Gasteiger partial charge in [-0.1, -0.05) is 204 Å². The second-order valence-electron chi connectivity index (χ2n) is 33.5. The van der Waals surface area contributed by atoms with Crippen LogP contribution in [0.15, 0.2) is 106 Å². The zero-order chi connectivity index (χ0) is 56.2. The average Bonchev–Trinajstić information content (AvgIpc) is 3.79. The van der Waals surface area contributed by atoms with Crippen LogP contribution in [-0.2, 0) is 28.1 Å². The molecular formula is C73H97BN2OSi. The predicted octanol–water partition coefficient (Wildman–Crippen LogP) is 18.1. The van der Waals surface area contributed by atoms with Crippen LogP contribution in [0.1, 0.15) is 203 Å². The van der Waals surface area contributed by atoms with Crippen LogP contribution >= 0.6 is 0 Å². The monoisotopic (exact) mass is 1060 g/mol. The van der Waals surface area contributed by atoms with Crippen LogP contribution in [-0.4, -0.2) is 20.8 Å². The summed E-state index contributed by atoms with van der Waals surface area (Å²) in [6.45, 7) is 52.5. The van der Waals surface area contributed by atoms with E-state index in [4.69, 9.17) is 4.42 Å². The number of fused-ring (bicyclic) bond motifs is 9. The van der Waals surface area contributed by atoms with E-state index < -0.39 is 8.07 Å². The van der Waals surface area contributed by atoms with Crippen molar-refractivity contribution in [1.29, 1.82) is 0 Å². The first-order valence-electron chi connectivity index (χ1n) is 30.8. The first-order chi connectivity index (χ1) is 36.0. The van der Waals surface area contributed by atoms with Gasteiger partial charge in [-0.3, -0.25) is 0 Å². The summed E-state index contributed by atoms with van der Waals surface area (Å²) in [4.78, 5) is 5.66. The molecule has 4 atom stereocenters. The molecule has 1 fully saturated rings. The van der Waals surface area contributed by atoms with Crippen LogP contribution < -0.4 is 25.9 Å². The minimum atomic E-state index is -1.56. The molecule has 5 heteroatoms. The molecule has 3 nitrogen and oxygen atoms in total. The highest BCUT2D eigenvalue weighted by molar-refractivity contribution is 6.94. The van der Waals surface area contributed by atoms with E-state index in [9.17, 15) is 0 Å². The average molecular weight is 1060 g/mol. The third kappa shape index (κ3) is 8.34. The van der Waals surface area contributed by atoms with Crippen LogP contribution in [0.2, 0.25) is 19.6 Å². The van der Waals surface area contributed by atoms with Crippen molar-refractivity contribution in [3.05, 3.63) is 135 Å². The largest absolute Gasteiger partial charge is 0.441 e. The Morgan fingerprint density at radius 1 is 0.615 bits per heavy atom. The van der Waals surface area contributed by atoms with E-state index in [1.54, 1.807) is 5.47 Å². The SMILES string of the molecule is CC(C)(C)C1=CC2=C3B(c4cc5c(cc4N2c2cc4c(cc2-c2ccc([Si](C)(C)C)cc2)C(C)(C)CCC4(C)C)C(C)(C)CCC5(C)C)c2c(oc4c2CC(C(C)(C)C)C=C4)N(C2=CC4C(C=C2)C(C)(C)CCC4(C)C)C3C1. The number of benzene rings is 3. The number of nitrogens with zero attached hydrogens (tertiary/aromatic N) is 2. The lowest BCUT2D eigenvalue weighted by Gasteiger charge is -2.54. The Bertz CT molecular complexity index is 3330. The molecule has 0 N–H and O–H groups in total. The lowest BCUT2D eigenvalue weighted by atomic mass is 9.30. The minimum absolute atomic E-state index is 0.0186. The van der Waals surface area contributed by atoms with Gasteiger partial charge in [0.25, 0.3) is 6.71 Å². The summed E-state index contributed by atoms with van der Waals surface area (Å²) in [5.74, 6) is 3.46. The highest BCUT2D eigenvalue weighted by atomic mass is 28.3. The number of hydrogen-bond donors (Lipinski definition) is 0. The van der Waals surface area contributed by atoms with E-state index in [1.165, 1.54) is 122 Å². The molecule has 0 bridgehead atoms. The lowest BCUT2D eigenvalue weighted by Crippen LogP contribution is -2.63. The standard InChI is InChI=1S/C73H97BN2OSi/c1-66(2,3)45-24-29-62-50(36-45)63-65(77-62)75(47-25-28-51-52(39-47)69(9,10)31-30-68(51,7)8)60-37-46(67(4,5)6)38-61-64(60)74(63)57-41-54-56(73(17,18)35-33-71(54,13)14)43-59(57)76(61)58-42-55-53(70(11,12)32-34-72(55,15)16)40-49(58)44-22-26-48(27-23-44)78(19,20)21/h22-29,38-43,45,51-52,60H,30-37H2,1-21H3. The fourth-order valence-electron chi connectivity index (χ4n) is 16.3. The summed E-state index contributed by atoms with van der Waals surface area (Å²) < 4.78 is 7.69. The van der Waals surface area contributed by atoms with Crippen molar-refractivity contribution in [2.24, 2.45) is 39.4 Å². The zero-order valence-electron chi connectivity index (χ0n) is 52.4. The van der Waals surface area contributed by atoms with Crippen LogP contribution in [0.3, 0.4) is 0 Å². The maximum absolute atomic E-state index is 7.69. The summed E-state index contributed by atoms with van der Waals surface area (Å²) >= 11 is 0. The Labute approximate surface area is 474 Å². The molecule has 412 valence electrons. The van der Waals surface area contributed by atoms with Gasteiger partial charge in [-0.25, -0.2) is 0 Å². The molecule has 3 heterocycles. The van der Waals surface area contributed by atoms with Crippen LogP contribution in [0.25, 0.3) is 17.2 Å². The third-order valence-electron chi connectivity index (χ3n) is 22.3. The van der Waals surface area contributed by atoms with E-state index in [-0.39, 0.29) is 56.1 Å². The fraction of sp³-hybridized carbons (Fsp3) is 0.562. The first kappa shape index (κ1) is 54.1. The molecular weight excluding hydrogens is 960 g/mol. The summed E-state index contributed by atoms with van der Waals surface area (Å²) in [5.41, 5.74) is 22.1. The molecule has 3 aromatic carbocycles. The molecule has 0 saturated heterocycles. The van der Waals surface area contributed by atoms with Crippen molar-refractivity contribution in [1.82, 2.24) is 0 Å². The Morgan fingerprint density at radius 2 is 1.17 bits per heavy atom. The molecule has 2 aliphatic heterocycles. The molecule has 0 radical (unpaired) electrons. The number of allylic oxidation sites excluding steroid dienone is 5. The highest BCUT2D eigenvalue weighted by Gasteiger charge is 2.56. The fourth-order valence-corrected chi connectivity index (χ4v) is 17.4. The molecule has 4 unspecified atom stereocenters. The highest BCUT2D eigenvalue weighted by Crippen LogP contribution is 2.59. The van der Waals surface area contributed by atoms with Crippen LogP contribution in [0, 0.1) is 39.4 Å². The third-order valence-corrected chi connectivity index (χ3v) is 24.4. The van der Waals surface area contributed by atoms with Gasteiger partial charge in [0.05, 0.1) is 19.8 Å². The summed E-state index contributed by atoms with van der Waals surface area (Å²) in [5, 5.41) is 1.51. The van der Waals surface area contributed by atoms with Gasteiger partial charge in [0.2, 0.25) is 0 Å². The summed E-state index contributed by atoms with van der Waals surface area (Å²) in [6.07, 6.45) is 24.6. The molecule has 78 heavy (non-hydrogen) atoms. The number of rotatable bonds is 4. The molecule has 6 aliphatic carbocycles. The van der Waals surface area contributed by atoms with Crippen molar-refractivity contribution < 1.29 is 4.42 Å². The van der Waals surface area contributed by atoms with Crippen molar-refractivity contribution in [2.75, 3.05) is 9.80 Å². The Hall–Kier alpha value is -4.48. The summed E-state index contributed by atoms with van der Waals surface area (Å²) in [6, 6.07) is 20.9. The molecule has 1 aromatic heterocycles. The van der Waals surface area contributed by atoms with Crippen molar-refractivity contribution in [3.63, 3.8) is 0 Å². The molecule has 8 aliphatic rings. The van der Waals surface area contributed by atoms with Gasteiger partial charge in [-0.2, -0.15) is 0 Å².